The third-order valence-corrected chi connectivity index (χ3v) is 6.44. The molecule has 0 atom stereocenters. The van der Waals surface area contributed by atoms with E-state index in [4.69, 9.17) is 4.74 Å². The molecular formula is C25H34N2O2. The monoisotopic (exact) mass is 394 g/mol. The molecule has 156 valence electrons. The van der Waals surface area contributed by atoms with Gasteiger partial charge in [0.15, 0.2) is 0 Å². The predicted molar refractivity (Wildman–Crippen MR) is 119 cm³/mol. The molecular weight excluding hydrogens is 360 g/mol. The lowest BCUT2D eigenvalue weighted by molar-refractivity contribution is 0.0118. The van der Waals surface area contributed by atoms with Crippen LogP contribution in [0.2, 0.25) is 0 Å². The van der Waals surface area contributed by atoms with E-state index in [0.29, 0.717) is 0 Å². The number of hydrogen-bond acceptors (Lipinski definition) is 4. The third kappa shape index (κ3) is 5.31. The van der Waals surface area contributed by atoms with Crippen molar-refractivity contribution in [3.63, 3.8) is 0 Å². The van der Waals surface area contributed by atoms with Crippen LogP contribution in [0.15, 0.2) is 54.6 Å². The molecule has 2 aromatic carbocycles. The van der Waals surface area contributed by atoms with Crippen molar-refractivity contribution in [1.29, 1.82) is 0 Å². The van der Waals surface area contributed by atoms with Crippen molar-refractivity contribution in [1.82, 2.24) is 4.90 Å². The molecule has 2 saturated heterocycles. The highest BCUT2D eigenvalue weighted by atomic mass is 16.5. The number of ether oxygens (including phenoxy) is 1. The fourth-order valence-electron chi connectivity index (χ4n) is 4.59. The molecule has 0 aliphatic carbocycles. The van der Waals surface area contributed by atoms with Gasteiger partial charge in [0.25, 0.3) is 0 Å². The molecule has 29 heavy (non-hydrogen) atoms. The Hall–Kier alpha value is -2.04. The van der Waals surface area contributed by atoms with E-state index in [-0.39, 0.29) is 0 Å². The van der Waals surface area contributed by atoms with E-state index in [1.807, 2.05) is 30.3 Å². The molecule has 0 bridgehead atoms. The van der Waals surface area contributed by atoms with Gasteiger partial charge in [-0.15, -0.1) is 0 Å². The Morgan fingerprint density at radius 2 is 1.52 bits per heavy atom. The number of likely N-dealkylation sites (tertiary alicyclic amines) is 1. The van der Waals surface area contributed by atoms with Gasteiger partial charge in [0.05, 0.1) is 12.2 Å². The molecule has 4 nitrogen and oxygen atoms in total. The van der Waals surface area contributed by atoms with Gasteiger partial charge in [-0.25, -0.2) is 0 Å². The maximum Gasteiger partial charge on any atom is 0.119 e. The zero-order chi connectivity index (χ0) is 19.9. The molecule has 0 spiro atoms. The standard InChI is InChI=1S/C25H34N2O2/c28-25(22-8-3-1-4-9-22)14-19-27(20-15-25)23-10-12-24(13-11-23)29-21-7-18-26-16-5-2-6-17-26/h1,3-4,8-13,28H,2,5-7,14-21H2. The van der Waals surface area contributed by atoms with Crippen molar-refractivity contribution in [3.05, 3.63) is 60.2 Å². The first-order chi connectivity index (χ1) is 14.2. The Labute approximate surface area is 175 Å². The smallest absolute Gasteiger partial charge is 0.119 e. The summed E-state index contributed by atoms with van der Waals surface area (Å²) in [6.45, 7) is 6.16. The second-order valence-electron chi connectivity index (χ2n) is 8.48. The van der Waals surface area contributed by atoms with E-state index in [9.17, 15) is 5.11 Å². The van der Waals surface area contributed by atoms with Crippen molar-refractivity contribution < 1.29 is 9.84 Å². The van der Waals surface area contributed by atoms with E-state index in [2.05, 4.69) is 34.1 Å². The molecule has 0 radical (unpaired) electrons. The van der Waals surface area contributed by atoms with Crippen LogP contribution in [0.1, 0.15) is 44.1 Å². The van der Waals surface area contributed by atoms with Gasteiger partial charge in [0, 0.05) is 25.3 Å². The Kier molecular flexibility index (Phi) is 6.73. The lowest BCUT2D eigenvalue weighted by Crippen LogP contribution is -2.42. The van der Waals surface area contributed by atoms with E-state index in [1.165, 1.54) is 38.0 Å². The predicted octanol–water partition coefficient (Wildman–Crippen LogP) is 4.43. The number of hydrogen-bond donors (Lipinski definition) is 1. The minimum atomic E-state index is -0.699. The Morgan fingerprint density at radius 1 is 0.828 bits per heavy atom. The fourth-order valence-corrected chi connectivity index (χ4v) is 4.59. The number of anilines is 1. The number of aliphatic hydroxyl groups is 1. The summed E-state index contributed by atoms with van der Waals surface area (Å²) in [6.07, 6.45) is 6.69. The van der Waals surface area contributed by atoms with Gasteiger partial charge in [0.1, 0.15) is 5.75 Å². The summed E-state index contributed by atoms with van der Waals surface area (Å²) in [7, 11) is 0. The third-order valence-electron chi connectivity index (χ3n) is 6.44. The fraction of sp³-hybridized carbons (Fsp3) is 0.520. The van der Waals surface area contributed by atoms with Crippen molar-refractivity contribution >= 4 is 5.69 Å². The van der Waals surface area contributed by atoms with Crippen LogP contribution in [-0.4, -0.2) is 49.3 Å². The zero-order valence-corrected chi connectivity index (χ0v) is 17.4. The molecule has 0 amide bonds. The molecule has 4 rings (SSSR count). The van der Waals surface area contributed by atoms with Gasteiger partial charge in [-0.05, 0) is 75.0 Å². The van der Waals surface area contributed by atoms with Gasteiger partial charge in [0.2, 0.25) is 0 Å². The summed E-state index contributed by atoms with van der Waals surface area (Å²) in [5.74, 6) is 0.949. The van der Waals surface area contributed by atoms with Crippen molar-refractivity contribution in [2.24, 2.45) is 0 Å². The average Bonchev–Trinajstić information content (AvgIpc) is 2.79. The van der Waals surface area contributed by atoms with Crippen molar-refractivity contribution in [2.75, 3.05) is 44.2 Å². The van der Waals surface area contributed by atoms with Crippen molar-refractivity contribution in [2.45, 2.75) is 44.1 Å². The molecule has 0 unspecified atom stereocenters. The first kappa shape index (κ1) is 20.2. The highest BCUT2D eigenvalue weighted by molar-refractivity contribution is 5.49. The van der Waals surface area contributed by atoms with Crippen LogP contribution in [0.5, 0.6) is 5.75 Å². The molecule has 2 aliphatic rings. The normalized spacial score (nSPS) is 19.8. The number of piperidine rings is 2. The lowest BCUT2D eigenvalue weighted by Gasteiger charge is -2.39. The van der Waals surface area contributed by atoms with Gasteiger partial charge >= 0.3 is 0 Å². The molecule has 0 aromatic heterocycles. The van der Waals surface area contributed by atoms with E-state index < -0.39 is 5.60 Å². The summed E-state index contributed by atoms with van der Waals surface area (Å²) in [4.78, 5) is 4.92. The number of rotatable bonds is 7. The van der Waals surface area contributed by atoms with E-state index >= 15 is 0 Å². The molecule has 1 N–H and O–H groups in total. The van der Waals surface area contributed by atoms with Gasteiger partial charge in [-0.3, -0.25) is 0 Å². The SMILES string of the molecule is OC1(c2ccccc2)CCN(c2ccc(OCCCN3CCCCC3)cc2)CC1. The van der Waals surface area contributed by atoms with Gasteiger partial charge in [-0.2, -0.15) is 0 Å². The summed E-state index contributed by atoms with van der Waals surface area (Å²) in [6, 6.07) is 18.5. The summed E-state index contributed by atoms with van der Waals surface area (Å²) in [5.41, 5.74) is 1.54. The van der Waals surface area contributed by atoms with Crippen LogP contribution >= 0.6 is 0 Å². The van der Waals surface area contributed by atoms with Crippen LogP contribution in [0.25, 0.3) is 0 Å². The summed E-state index contributed by atoms with van der Waals surface area (Å²) in [5, 5.41) is 11.0. The van der Waals surface area contributed by atoms with Crippen LogP contribution in [0.4, 0.5) is 5.69 Å². The second-order valence-corrected chi connectivity index (χ2v) is 8.48. The maximum absolute atomic E-state index is 11.0. The lowest BCUT2D eigenvalue weighted by atomic mass is 9.84. The first-order valence-electron chi connectivity index (χ1n) is 11.2. The highest BCUT2D eigenvalue weighted by Gasteiger charge is 2.33. The van der Waals surface area contributed by atoms with E-state index in [0.717, 1.165) is 56.8 Å². The topological polar surface area (TPSA) is 35.9 Å². The molecule has 2 aromatic rings. The summed E-state index contributed by atoms with van der Waals surface area (Å²) < 4.78 is 5.95. The Balaban J connectivity index is 1.22. The minimum Gasteiger partial charge on any atom is -0.494 e. The maximum atomic E-state index is 11.0. The number of benzene rings is 2. The summed E-state index contributed by atoms with van der Waals surface area (Å²) >= 11 is 0. The van der Waals surface area contributed by atoms with Crippen LogP contribution in [-0.2, 0) is 5.60 Å². The van der Waals surface area contributed by atoms with Crippen LogP contribution in [0.3, 0.4) is 0 Å². The molecule has 0 saturated carbocycles. The quantitative estimate of drug-likeness (QED) is 0.705. The van der Waals surface area contributed by atoms with Crippen molar-refractivity contribution in [3.8, 4) is 5.75 Å². The van der Waals surface area contributed by atoms with Crippen LogP contribution in [0, 0.1) is 0 Å². The molecule has 2 heterocycles. The van der Waals surface area contributed by atoms with Gasteiger partial charge in [-0.1, -0.05) is 36.8 Å². The molecule has 4 heteroatoms. The average molecular weight is 395 g/mol. The van der Waals surface area contributed by atoms with Gasteiger partial charge < -0.3 is 19.6 Å². The second kappa shape index (κ2) is 9.64. The molecule has 2 aliphatic heterocycles. The zero-order valence-electron chi connectivity index (χ0n) is 17.4. The molecule has 2 fully saturated rings. The largest absolute Gasteiger partial charge is 0.494 e. The number of nitrogens with zero attached hydrogens (tertiary/aromatic N) is 2. The Bertz CT molecular complexity index is 733. The first-order valence-corrected chi connectivity index (χ1v) is 11.2. The Morgan fingerprint density at radius 3 is 2.21 bits per heavy atom. The van der Waals surface area contributed by atoms with Crippen LogP contribution < -0.4 is 9.64 Å². The highest BCUT2D eigenvalue weighted by Crippen LogP contribution is 2.34. The van der Waals surface area contributed by atoms with E-state index in [1.54, 1.807) is 0 Å². The minimum absolute atomic E-state index is 0.699.